The van der Waals surface area contributed by atoms with E-state index in [0.29, 0.717) is 30.4 Å². The molecule has 0 aliphatic carbocycles. The van der Waals surface area contributed by atoms with E-state index in [2.05, 4.69) is 10.3 Å². The maximum Gasteiger partial charge on any atom is 0.291 e. The van der Waals surface area contributed by atoms with Crippen molar-refractivity contribution in [3.05, 3.63) is 54.2 Å². The average molecular weight is 493 g/mol. The highest BCUT2D eigenvalue weighted by molar-refractivity contribution is 7.98. The highest BCUT2D eigenvalue weighted by Gasteiger charge is 2.29. The van der Waals surface area contributed by atoms with Gasteiger partial charge < -0.3 is 23.8 Å². The first-order valence-corrected chi connectivity index (χ1v) is 12.6. The molecule has 3 aromatic rings. The number of nitrogens with zero attached hydrogens (tertiary/aromatic N) is 3. The van der Waals surface area contributed by atoms with Gasteiger partial charge in [-0.15, -0.1) is 0 Å². The first-order chi connectivity index (χ1) is 15.9. The lowest BCUT2D eigenvalue weighted by Crippen LogP contribution is -2.40. The molecule has 10 nitrogen and oxygen atoms in total. The number of anilines is 1. The Labute approximate surface area is 195 Å². The first kappa shape index (κ1) is 23.4. The number of amides is 1. The number of aromatic nitrogens is 2. The summed E-state index contributed by atoms with van der Waals surface area (Å²) in [5, 5.41) is 3.54. The number of rotatable bonds is 8. The highest BCUT2D eigenvalue weighted by Crippen LogP contribution is 2.30. The molecular formula is C21H24N4O6S2. The second-order valence-corrected chi connectivity index (χ2v) is 10.1. The van der Waals surface area contributed by atoms with Crippen molar-refractivity contribution in [2.45, 2.75) is 15.8 Å². The number of thioether (sulfide) groups is 1. The van der Waals surface area contributed by atoms with Gasteiger partial charge in [-0.2, -0.15) is 4.31 Å². The zero-order chi connectivity index (χ0) is 23.4. The van der Waals surface area contributed by atoms with E-state index >= 15 is 0 Å². The van der Waals surface area contributed by atoms with E-state index in [0.717, 1.165) is 5.16 Å². The molecule has 1 N–H and O–H groups in total. The van der Waals surface area contributed by atoms with Gasteiger partial charge in [0.25, 0.3) is 5.91 Å². The Balaban J connectivity index is 1.47. The van der Waals surface area contributed by atoms with Gasteiger partial charge in [-0.3, -0.25) is 4.79 Å². The van der Waals surface area contributed by atoms with Crippen LogP contribution in [0.2, 0.25) is 0 Å². The van der Waals surface area contributed by atoms with Crippen molar-refractivity contribution in [1.29, 1.82) is 0 Å². The molecule has 1 aromatic carbocycles. The van der Waals surface area contributed by atoms with Crippen LogP contribution in [0, 0.1) is 0 Å². The third kappa shape index (κ3) is 5.24. The standard InChI is InChI=1S/C21H24N4O6S2/c1-24-8-7-22-21(24)32-14-16-4-6-18(31-16)20(26)23-15-3-5-17(29-2)19(13-15)33(27,28)25-9-11-30-12-10-25/h3-8,13H,9-12,14H2,1-2H3,(H,23,26). The molecule has 2 aromatic heterocycles. The molecule has 1 aliphatic rings. The summed E-state index contributed by atoms with van der Waals surface area (Å²) in [6.45, 7) is 1.18. The number of carbonyl (C=O) groups excluding carboxylic acids is 1. The predicted octanol–water partition coefficient (Wildman–Crippen LogP) is 2.59. The molecule has 4 rings (SSSR count). The van der Waals surface area contributed by atoms with Crippen LogP contribution in [0.4, 0.5) is 5.69 Å². The van der Waals surface area contributed by atoms with Crippen LogP contribution in [0.25, 0.3) is 0 Å². The van der Waals surface area contributed by atoms with Gasteiger partial charge in [0, 0.05) is 38.2 Å². The summed E-state index contributed by atoms with van der Waals surface area (Å²) >= 11 is 1.49. The number of hydrogen-bond donors (Lipinski definition) is 1. The minimum absolute atomic E-state index is 0.0173. The zero-order valence-corrected chi connectivity index (χ0v) is 19.8. The first-order valence-electron chi connectivity index (χ1n) is 10.1. The van der Waals surface area contributed by atoms with Crippen molar-refractivity contribution in [3.8, 4) is 5.75 Å². The molecule has 3 heterocycles. The third-order valence-corrected chi connectivity index (χ3v) is 8.02. The summed E-state index contributed by atoms with van der Waals surface area (Å²) < 4.78 is 45.6. The van der Waals surface area contributed by atoms with E-state index in [4.69, 9.17) is 13.9 Å². The van der Waals surface area contributed by atoms with Gasteiger partial charge in [-0.1, -0.05) is 11.8 Å². The number of imidazole rings is 1. The quantitative estimate of drug-likeness (QED) is 0.477. The molecule has 176 valence electrons. The lowest BCUT2D eigenvalue weighted by Gasteiger charge is -2.26. The van der Waals surface area contributed by atoms with Crippen LogP contribution in [-0.2, 0) is 27.6 Å². The van der Waals surface area contributed by atoms with Crippen molar-refractivity contribution in [2.24, 2.45) is 7.05 Å². The number of morpholine rings is 1. The van der Waals surface area contributed by atoms with Crippen LogP contribution in [0.15, 0.2) is 57.2 Å². The number of aryl methyl sites for hydroxylation is 1. The summed E-state index contributed by atoms with van der Waals surface area (Å²) in [5.74, 6) is 0.981. The topological polar surface area (TPSA) is 116 Å². The fourth-order valence-corrected chi connectivity index (χ4v) is 5.69. The van der Waals surface area contributed by atoms with Crippen molar-refractivity contribution in [1.82, 2.24) is 13.9 Å². The van der Waals surface area contributed by atoms with Gasteiger partial charge in [0.05, 0.1) is 26.1 Å². The Morgan fingerprint density at radius 3 is 2.73 bits per heavy atom. The van der Waals surface area contributed by atoms with E-state index in [9.17, 15) is 13.2 Å². The van der Waals surface area contributed by atoms with Crippen LogP contribution in [0.3, 0.4) is 0 Å². The minimum atomic E-state index is -3.81. The average Bonchev–Trinajstić information content (AvgIpc) is 3.47. The summed E-state index contributed by atoms with van der Waals surface area (Å²) in [4.78, 5) is 16.9. The van der Waals surface area contributed by atoms with Gasteiger partial charge in [-0.05, 0) is 30.3 Å². The zero-order valence-electron chi connectivity index (χ0n) is 18.2. The molecule has 0 atom stereocenters. The van der Waals surface area contributed by atoms with Gasteiger partial charge in [0.2, 0.25) is 10.0 Å². The second kappa shape index (κ2) is 10.00. The fraction of sp³-hybridized carbons (Fsp3) is 0.333. The normalized spacial score (nSPS) is 14.8. The Kier molecular flexibility index (Phi) is 7.08. The lowest BCUT2D eigenvalue weighted by molar-refractivity contribution is 0.0729. The Bertz CT molecular complexity index is 1230. The van der Waals surface area contributed by atoms with Gasteiger partial charge in [-0.25, -0.2) is 13.4 Å². The molecule has 1 amide bonds. The van der Waals surface area contributed by atoms with Crippen molar-refractivity contribution in [3.63, 3.8) is 0 Å². The van der Waals surface area contributed by atoms with Crippen molar-refractivity contribution >= 4 is 33.4 Å². The van der Waals surface area contributed by atoms with Crippen LogP contribution in [0.1, 0.15) is 16.3 Å². The molecule has 12 heteroatoms. The van der Waals surface area contributed by atoms with Gasteiger partial charge in [0.15, 0.2) is 10.9 Å². The van der Waals surface area contributed by atoms with E-state index in [-0.39, 0.29) is 29.5 Å². The number of carbonyl (C=O) groups is 1. The number of furan rings is 1. The minimum Gasteiger partial charge on any atom is -0.495 e. The van der Waals surface area contributed by atoms with Crippen LogP contribution >= 0.6 is 11.8 Å². The molecule has 0 saturated carbocycles. The van der Waals surface area contributed by atoms with Crippen molar-refractivity contribution < 1.29 is 27.1 Å². The summed E-state index contributed by atoms with van der Waals surface area (Å²) in [7, 11) is -0.510. The second-order valence-electron chi connectivity index (χ2n) is 7.21. The predicted molar refractivity (Wildman–Crippen MR) is 122 cm³/mol. The van der Waals surface area contributed by atoms with E-state index < -0.39 is 15.9 Å². The Morgan fingerprint density at radius 2 is 2.03 bits per heavy atom. The molecule has 0 radical (unpaired) electrons. The SMILES string of the molecule is COc1ccc(NC(=O)c2ccc(CSc3nccn3C)o2)cc1S(=O)(=O)N1CCOCC1. The Morgan fingerprint density at radius 1 is 1.24 bits per heavy atom. The molecule has 1 fully saturated rings. The van der Waals surface area contributed by atoms with Crippen LogP contribution in [0.5, 0.6) is 5.75 Å². The number of nitrogens with one attached hydrogen (secondary N) is 1. The van der Waals surface area contributed by atoms with E-state index in [1.165, 1.54) is 35.3 Å². The van der Waals surface area contributed by atoms with E-state index in [1.54, 1.807) is 24.4 Å². The molecule has 1 saturated heterocycles. The number of methoxy groups -OCH3 is 1. The van der Waals surface area contributed by atoms with Gasteiger partial charge in [0.1, 0.15) is 16.4 Å². The number of hydrogen-bond acceptors (Lipinski definition) is 8. The number of benzene rings is 1. The largest absolute Gasteiger partial charge is 0.495 e. The number of ether oxygens (including phenoxy) is 2. The van der Waals surface area contributed by atoms with Crippen LogP contribution < -0.4 is 10.1 Å². The molecule has 33 heavy (non-hydrogen) atoms. The molecular weight excluding hydrogens is 468 g/mol. The lowest BCUT2D eigenvalue weighted by atomic mass is 10.3. The Hall–Kier alpha value is -2.80. The maximum absolute atomic E-state index is 13.1. The number of sulfonamides is 1. The van der Waals surface area contributed by atoms with Gasteiger partial charge >= 0.3 is 0 Å². The van der Waals surface area contributed by atoms with Crippen molar-refractivity contribution in [2.75, 3.05) is 38.7 Å². The fourth-order valence-electron chi connectivity index (χ4n) is 3.28. The molecule has 0 unspecified atom stereocenters. The summed E-state index contributed by atoms with van der Waals surface area (Å²) in [6.07, 6.45) is 3.57. The third-order valence-electron chi connectivity index (χ3n) is 5.02. The van der Waals surface area contributed by atoms with E-state index in [1.807, 2.05) is 17.8 Å². The molecule has 1 aliphatic heterocycles. The smallest absolute Gasteiger partial charge is 0.291 e. The summed E-state index contributed by atoms with van der Waals surface area (Å²) in [5.41, 5.74) is 0.313. The monoisotopic (exact) mass is 492 g/mol. The molecule has 0 bridgehead atoms. The summed E-state index contributed by atoms with van der Waals surface area (Å²) in [6, 6.07) is 7.80. The van der Waals surface area contributed by atoms with Crippen LogP contribution in [-0.4, -0.2) is 61.6 Å². The highest BCUT2D eigenvalue weighted by atomic mass is 32.2. The maximum atomic E-state index is 13.1. The molecule has 0 spiro atoms.